The first kappa shape index (κ1) is 14.2. The lowest BCUT2D eigenvalue weighted by Crippen LogP contribution is -2.11. The number of carbonyl (C=O) groups excluding carboxylic acids is 2. The summed E-state index contributed by atoms with van der Waals surface area (Å²) in [5, 5.41) is 10.9. The number of nitrogens with zero attached hydrogens (tertiary/aromatic N) is 1. The van der Waals surface area contributed by atoms with E-state index >= 15 is 0 Å². The molecule has 0 heterocycles. The lowest BCUT2D eigenvalue weighted by molar-refractivity contribution is -0.115. The second kappa shape index (κ2) is 6.77. The molecule has 0 aromatic heterocycles. The Morgan fingerprint density at radius 2 is 2.22 bits per heavy atom. The maximum atomic E-state index is 11.5. The minimum absolute atomic E-state index is 0.216. The van der Waals surface area contributed by atoms with Crippen LogP contribution in [0.2, 0.25) is 0 Å². The van der Waals surface area contributed by atoms with Crippen molar-refractivity contribution in [1.82, 2.24) is 0 Å². The minimum Gasteiger partial charge on any atom is -0.462 e. The Balaban J connectivity index is 2.83. The highest BCUT2D eigenvalue weighted by molar-refractivity contribution is 9.10. The second-order valence-electron chi connectivity index (χ2n) is 3.30. The molecule has 0 unspecified atom stereocenters. The molecule has 18 heavy (non-hydrogen) atoms. The van der Waals surface area contributed by atoms with E-state index < -0.39 is 11.9 Å². The van der Waals surface area contributed by atoms with Crippen LogP contribution in [0.5, 0.6) is 0 Å². The molecule has 0 fully saturated rings. The standard InChI is InChI=1S/C12H11BrN2O3/c1-2-18-12(17)8-3-4-10(9(13)7-8)15-11(16)5-6-14/h3-4,7H,2,5H2,1H3,(H,15,16). The lowest BCUT2D eigenvalue weighted by Gasteiger charge is -2.07. The summed E-state index contributed by atoms with van der Waals surface area (Å²) in [6.07, 6.45) is -0.216. The summed E-state index contributed by atoms with van der Waals surface area (Å²) >= 11 is 3.24. The van der Waals surface area contributed by atoms with Crippen LogP contribution in [0.25, 0.3) is 0 Å². The van der Waals surface area contributed by atoms with Gasteiger partial charge < -0.3 is 10.1 Å². The second-order valence-corrected chi connectivity index (χ2v) is 4.15. The van der Waals surface area contributed by atoms with Crippen LogP contribution >= 0.6 is 15.9 Å². The molecular formula is C12H11BrN2O3. The molecule has 0 bridgehead atoms. The highest BCUT2D eigenvalue weighted by Gasteiger charge is 2.10. The molecule has 0 radical (unpaired) electrons. The molecule has 0 saturated heterocycles. The van der Waals surface area contributed by atoms with Gasteiger partial charge in [-0.1, -0.05) is 0 Å². The number of halogens is 1. The van der Waals surface area contributed by atoms with Crippen molar-refractivity contribution in [3.63, 3.8) is 0 Å². The Labute approximate surface area is 113 Å². The maximum absolute atomic E-state index is 11.5. The predicted octanol–water partition coefficient (Wildman–Crippen LogP) is 2.48. The molecule has 5 nitrogen and oxygen atoms in total. The van der Waals surface area contributed by atoms with Crippen LogP contribution < -0.4 is 5.32 Å². The molecule has 1 aromatic carbocycles. The molecular weight excluding hydrogens is 300 g/mol. The zero-order valence-corrected chi connectivity index (χ0v) is 11.3. The molecule has 0 saturated carbocycles. The first-order valence-corrected chi connectivity index (χ1v) is 6.01. The van der Waals surface area contributed by atoms with Crippen LogP contribution in [0.4, 0.5) is 5.69 Å². The van der Waals surface area contributed by atoms with Crippen molar-refractivity contribution >= 4 is 33.5 Å². The van der Waals surface area contributed by atoms with Gasteiger partial charge in [-0.15, -0.1) is 0 Å². The van der Waals surface area contributed by atoms with E-state index in [1.807, 2.05) is 0 Å². The molecule has 0 aliphatic carbocycles. The third-order valence-corrected chi connectivity index (χ3v) is 2.65. The number of nitriles is 1. The first-order chi connectivity index (χ1) is 8.58. The number of benzene rings is 1. The minimum atomic E-state index is -0.423. The van der Waals surface area contributed by atoms with Crippen molar-refractivity contribution in [2.75, 3.05) is 11.9 Å². The van der Waals surface area contributed by atoms with Gasteiger partial charge in [-0.05, 0) is 41.1 Å². The zero-order valence-electron chi connectivity index (χ0n) is 9.70. The normalized spacial score (nSPS) is 9.39. The van der Waals surface area contributed by atoms with Gasteiger partial charge in [0.1, 0.15) is 6.42 Å². The average Bonchev–Trinajstić information content (AvgIpc) is 2.32. The Morgan fingerprint density at radius 3 is 2.78 bits per heavy atom. The van der Waals surface area contributed by atoms with E-state index in [2.05, 4.69) is 21.2 Å². The summed E-state index contributed by atoms with van der Waals surface area (Å²) in [6, 6.07) is 6.43. The molecule has 0 atom stereocenters. The summed E-state index contributed by atoms with van der Waals surface area (Å²) in [6.45, 7) is 2.03. The third-order valence-electron chi connectivity index (χ3n) is 1.99. The molecule has 6 heteroatoms. The van der Waals surface area contributed by atoms with Crippen molar-refractivity contribution in [1.29, 1.82) is 5.26 Å². The number of ether oxygens (including phenoxy) is 1. The van der Waals surface area contributed by atoms with Crippen molar-refractivity contribution < 1.29 is 14.3 Å². The molecule has 0 aliphatic rings. The van der Waals surface area contributed by atoms with Gasteiger partial charge in [0.05, 0.1) is 23.9 Å². The smallest absolute Gasteiger partial charge is 0.338 e. The first-order valence-electron chi connectivity index (χ1n) is 5.22. The van der Waals surface area contributed by atoms with Crippen LogP contribution in [0.1, 0.15) is 23.7 Å². The van der Waals surface area contributed by atoms with Gasteiger partial charge in [0, 0.05) is 4.47 Å². The van der Waals surface area contributed by atoms with E-state index in [0.717, 1.165) is 0 Å². The number of anilines is 1. The van der Waals surface area contributed by atoms with E-state index in [0.29, 0.717) is 22.3 Å². The Hall–Kier alpha value is -1.87. The number of nitrogens with one attached hydrogen (secondary N) is 1. The molecule has 0 aliphatic heterocycles. The van der Waals surface area contributed by atoms with E-state index in [9.17, 15) is 9.59 Å². The van der Waals surface area contributed by atoms with E-state index in [-0.39, 0.29) is 6.42 Å². The molecule has 1 N–H and O–H groups in total. The Morgan fingerprint density at radius 1 is 1.50 bits per heavy atom. The molecule has 0 spiro atoms. The molecule has 1 aromatic rings. The summed E-state index contributed by atoms with van der Waals surface area (Å²) in [5.41, 5.74) is 0.894. The SMILES string of the molecule is CCOC(=O)c1ccc(NC(=O)CC#N)c(Br)c1. The maximum Gasteiger partial charge on any atom is 0.338 e. The topological polar surface area (TPSA) is 79.2 Å². The highest BCUT2D eigenvalue weighted by Crippen LogP contribution is 2.24. The average molecular weight is 311 g/mol. The van der Waals surface area contributed by atoms with Gasteiger partial charge in [-0.3, -0.25) is 4.79 Å². The van der Waals surface area contributed by atoms with E-state index in [1.165, 1.54) is 0 Å². The van der Waals surface area contributed by atoms with Gasteiger partial charge in [-0.25, -0.2) is 4.79 Å². The van der Waals surface area contributed by atoms with Crippen LogP contribution in [0.15, 0.2) is 22.7 Å². The van der Waals surface area contributed by atoms with Crippen molar-refractivity contribution in [2.24, 2.45) is 0 Å². The largest absolute Gasteiger partial charge is 0.462 e. The highest BCUT2D eigenvalue weighted by atomic mass is 79.9. The molecule has 94 valence electrons. The van der Waals surface area contributed by atoms with Gasteiger partial charge in [-0.2, -0.15) is 5.26 Å². The van der Waals surface area contributed by atoms with Gasteiger partial charge in [0.2, 0.25) is 5.91 Å². The van der Waals surface area contributed by atoms with Crippen molar-refractivity contribution in [2.45, 2.75) is 13.3 Å². The number of hydrogen-bond donors (Lipinski definition) is 1. The van der Waals surface area contributed by atoms with Crippen LogP contribution in [-0.2, 0) is 9.53 Å². The number of amides is 1. The van der Waals surface area contributed by atoms with Crippen LogP contribution in [-0.4, -0.2) is 18.5 Å². The van der Waals surface area contributed by atoms with Crippen LogP contribution in [0, 0.1) is 11.3 Å². The number of esters is 1. The fourth-order valence-electron chi connectivity index (χ4n) is 1.22. The molecule has 1 rings (SSSR count). The van der Waals surface area contributed by atoms with Gasteiger partial charge >= 0.3 is 5.97 Å². The summed E-state index contributed by atoms with van der Waals surface area (Å²) in [7, 11) is 0. The molecule has 1 amide bonds. The Bertz CT molecular complexity index is 509. The number of carbonyl (C=O) groups is 2. The van der Waals surface area contributed by atoms with E-state index in [1.54, 1.807) is 31.2 Å². The fourth-order valence-corrected chi connectivity index (χ4v) is 1.70. The summed E-state index contributed by atoms with van der Waals surface area (Å²) in [5.74, 6) is -0.824. The summed E-state index contributed by atoms with van der Waals surface area (Å²) < 4.78 is 5.41. The zero-order chi connectivity index (χ0) is 13.5. The predicted molar refractivity (Wildman–Crippen MR) is 69.0 cm³/mol. The van der Waals surface area contributed by atoms with Crippen LogP contribution in [0.3, 0.4) is 0 Å². The van der Waals surface area contributed by atoms with Gasteiger partial charge in [0.25, 0.3) is 0 Å². The number of hydrogen-bond acceptors (Lipinski definition) is 4. The van der Waals surface area contributed by atoms with Crippen molar-refractivity contribution in [3.05, 3.63) is 28.2 Å². The van der Waals surface area contributed by atoms with Gasteiger partial charge in [0.15, 0.2) is 0 Å². The van der Waals surface area contributed by atoms with E-state index in [4.69, 9.17) is 10.00 Å². The quantitative estimate of drug-likeness (QED) is 0.866. The summed E-state index contributed by atoms with van der Waals surface area (Å²) in [4.78, 5) is 22.7. The third kappa shape index (κ3) is 3.86. The monoisotopic (exact) mass is 310 g/mol. The fraction of sp³-hybridized carbons (Fsp3) is 0.250. The Kier molecular flexibility index (Phi) is 5.33. The van der Waals surface area contributed by atoms with Crippen molar-refractivity contribution in [3.8, 4) is 6.07 Å². The number of rotatable bonds is 4. The lowest BCUT2D eigenvalue weighted by atomic mass is 10.2.